The Bertz CT molecular complexity index is 739. The van der Waals surface area contributed by atoms with Crippen LogP contribution in [0.25, 0.3) is 10.9 Å². The SMILES string of the molecule is OC[C@@]1(Br)O[C@H](O)[C@H](O)[C@](O)(c2c[nH]c3ccccc23)[C@@]1(O)Cl. The van der Waals surface area contributed by atoms with Crippen molar-refractivity contribution in [3.63, 3.8) is 0 Å². The third kappa shape index (κ3) is 2.11. The number of fused-ring (bicyclic) bond motifs is 1. The largest absolute Gasteiger partial charge is 0.392 e. The minimum Gasteiger partial charge on any atom is -0.392 e. The summed E-state index contributed by atoms with van der Waals surface area (Å²) in [6, 6.07) is 6.84. The number of nitrogens with one attached hydrogen (secondary N) is 1. The van der Waals surface area contributed by atoms with E-state index in [1.54, 1.807) is 24.3 Å². The fourth-order valence-corrected chi connectivity index (χ4v) is 3.70. The molecular weight excluding hydrogens is 394 g/mol. The van der Waals surface area contributed by atoms with E-state index in [-0.39, 0.29) is 5.56 Å². The Kier molecular flexibility index (Phi) is 4.02. The summed E-state index contributed by atoms with van der Waals surface area (Å²) >= 11 is 9.04. The Morgan fingerprint density at radius 1 is 1.26 bits per heavy atom. The van der Waals surface area contributed by atoms with Crippen LogP contribution >= 0.6 is 27.5 Å². The number of H-pyrrole nitrogens is 1. The number of benzene rings is 1. The second kappa shape index (κ2) is 5.40. The van der Waals surface area contributed by atoms with Gasteiger partial charge in [-0.2, -0.15) is 0 Å². The summed E-state index contributed by atoms with van der Waals surface area (Å²) in [4.78, 5) is 2.89. The van der Waals surface area contributed by atoms with Crippen molar-refractivity contribution in [1.29, 1.82) is 0 Å². The number of aromatic nitrogens is 1. The number of hydrogen-bond acceptors (Lipinski definition) is 6. The molecule has 0 amide bonds. The van der Waals surface area contributed by atoms with Crippen LogP contribution in [0.4, 0.5) is 0 Å². The van der Waals surface area contributed by atoms with Crippen LogP contribution < -0.4 is 0 Å². The van der Waals surface area contributed by atoms with Gasteiger partial charge in [-0.05, 0) is 22.0 Å². The van der Waals surface area contributed by atoms with Gasteiger partial charge >= 0.3 is 0 Å². The van der Waals surface area contributed by atoms with Crippen molar-refractivity contribution in [2.75, 3.05) is 6.61 Å². The Balaban J connectivity index is 2.28. The van der Waals surface area contributed by atoms with E-state index in [9.17, 15) is 25.5 Å². The minimum absolute atomic E-state index is 0.0534. The first kappa shape index (κ1) is 17.1. The second-order valence-corrected chi connectivity index (χ2v) is 7.30. The quantitative estimate of drug-likeness (QED) is 0.391. The molecule has 2 heterocycles. The molecule has 9 heteroatoms. The normalized spacial score (nSPS) is 41.3. The summed E-state index contributed by atoms with van der Waals surface area (Å²) in [5.41, 5.74) is -1.86. The van der Waals surface area contributed by atoms with E-state index in [4.69, 9.17) is 16.3 Å². The molecule has 1 aromatic heterocycles. The second-order valence-electron chi connectivity index (χ2n) is 5.48. The maximum atomic E-state index is 11.1. The van der Waals surface area contributed by atoms with Gasteiger partial charge in [0.15, 0.2) is 16.4 Å². The Morgan fingerprint density at radius 2 is 1.91 bits per heavy atom. The number of halogens is 2. The zero-order valence-corrected chi connectivity index (χ0v) is 14.0. The average Bonchev–Trinajstić information content (AvgIpc) is 2.96. The molecule has 1 aliphatic heterocycles. The van der Waals surface area contributed by atoms with Gasteiger partial charge in [0.25, 0.3) is 0 Å². The van der Waals surface area contributed by atoms with Crippen molar-refractivity contribution in [3.05, 3.63) is 36.0 Å². The molecule has 6 N–H and O–H groups in total. The highest BCUT2D eigenvalue weighted by Crippen LogP contribution is 2.55. The summed E-state index contributed by atoms with van der Waals surface area (Å²) in [6.07, 6.45) is -2.51. The molecule has 1 fully saturated rings. The van der Waals surface area contributed by atoms with Gasteiger partial charge in [-0.15, -0.1) is 0 Å². The molecule has 3 rings (SSSR count). The maximum absolute atomic E-state index is 11.1. The van der Waals surface area contributed by atoms with Crippen LogP contribution in [0.2, 0.25) is 0 Å². The number of aliphatic hydroxyl groups excluding tert-OH is 3. The molecule has 0 aliphatic carbocycles. The van der Waals surface area contributed by atoms with E-state index in [2.05, 4.69) is 20.9 Å². The number of rotatable bonds is 2. The van der Waals surface area contributed by atoms with Gasteiger partial charge in [-0.25, -0.2) is 0 Å². The Morgan fingerprint density at radius 3 is 2.57 bits per heavy atom. The first-order valence-electron chi connectivity index (χ1n) is 6.73. The molecule has 23 heavy (non-hydrogen) atoms. The molecule has 0 unspecified atom stereocenters. The van der Waals surface area contributed by atoms with E-state index in [1.807, 2.05) is 0 Å². The van der Waals surface area contributed by atoms with Crippen LogP contribution in [0, 0.1) is 0 Å². The number of hydrogen-bond donors (Lipinski definition) is 6. The standard InChI is InChI=1S/C14H15BrClNO6/c15-12(6-18)14(16,22)13(21,10(19)11(20)23-12)8-5-17-9-4-2-1-3-7(8)9/h1-5,10-11,17-22H,6H2/t10-,11-,12+,13+,14+/m0/s1. The van der Waals surface area contributed by atoms with Gasteiger partial charge < -0.3 is 35.3 Å². The van der Waals surface area contributed by atoms with E-state index in [0.29, 0.717) is 10.9 Å². The number of aromatic amines is 1. The van der Waals surface area contributed by atoms with Crippen molar-refractivity contribution < 1.29 is 30.3 Å². The van der Waals surface area contributed by atoms with E-state index >= 15 is 0 Å². The number of para-hydroxylation sites is 1. The topological polar surface area (TPSA) is 126 Å². The highest BCUT2D eigenvalue weighted by Gasteiger charge is 2.71. The minimum atomic E-state index is -2.70. The van der Waals surface area contributed by atoms with Crippen molar-refractivity contribution in [1.82, 2.24) is 4.98 Å². The monoisotopic (exact) mass is 407 g/mol. The van der Waals surface area contributed by atoms with Crippen molar-refractivity contribution in [3.8, 4) is 0 Å². The van der Waals surface area contributed by atoms with Gasteiger partial charge in [0.05, 0.1) is 6.61 Å². The third-order valence-corrected chi connectivity index (χ3v) is 6.04. The predicted molar refractivity (Wildman–Crippen MR) is 84.8 cm³/mol. The van der Waals surface area contributed by atoms with Crippen LogP contribution in [0.15, 0.2) is 30.5 Å². The van der Waals surface area contributed by atoms with Crippen LogP contribution in [0.1, 0.15) is 5.56 Å². The highest BCUT2D eigenvalue weighted by atomic mass is 79.9. The lowest BCUT2D eigenvalue weighted by Crippen LogP contribution is -2.74. The van der Waals surface area contributed by atoms with Crippen LogP contribution in [0.3, 0.4) is 0 Å². The van der Waals surface area contributed by atoms with E-state index in [1.165, 1.54) is 6.20 Å². The molecule has 0 radical (unpaired) electrons. The van der Waals surface area contributed by atoms with Gasteiger partial charge in [0, 0.05) is 22.7 Å². The molecule has 2 aromatic rings. The molecule has 1 aliphatic rings. The van der Waals surface area contributed by atoms with Crippen molar-refractivity contribution >= 4 is 38.4 Å². The lowest BCUT2D eigenvalue weighted by atomic mass is 9.77. The molecule has 1 aromatic carbocycles. The van der Waals surface area contributed by atoms with Gasteiger partial charge in [-0.1, -0.05) is 29.8 Å². The fraction of sp³-hybridized carbons (Fsp3) is 0.429. The number of aliphatic hydroxyl groups is 5. The van der Waals surface area contributed by atoms with E-state index in [0.717, 1.165) is 0 Å². The molecule has 0 spiro atoms. The molecule has 1 saturated heterocycles. The maximum Gasteiger partial charge on any atom is 0.216 e. The smallest absolute Gasteiger partial charge is 0.216 e. The summed E-state index contributed by atoms with van der Waals surface area (Å²) in [5.74, 6) is 0. The van der Waals surface area contributed by atoms with Crippen LogP contribution in [-0.2, 0) is 10.3 Å². The van der Waals surface area contributed by atoms with Crippen LogP contribution in [0.5, 0.6) is 0 Å². The molecule has 5 atom stereocenters. The van der Waals surface area contributed by atoms with Gasteiger partial charge in [0.1, 0.15) is 6.10 Å². The predicted octanol–water partition coefficient (Wildman–Crippen LogP) is 0.0759. The number of ether oxygens (including phenoxy) is 1. The lowest BCUT2D eigenvalue weighted by Gasteiger charge is -2.54. The van der Waals surface area contributed by atoms with E-state index < -0.39 is 34.2 Å². The average molecular weight is 409 g/mol. The molecule has 0 saturated carbocycles. The van der Waals surface area contributed by atoms with Gasteiger partial charge in [0.2, 0.25) is 5.06 Å². The summed E-state index contributed by atoms with van der Waals surface area (Å²) < 4.78 is 2.87. The molecular formula is C14H15BrClNO6. The zero-order valence-electron chi connectivity index (χ0n) is 11.6. The zero-order chi connectivity index (χ0) is 17.0. The summed E-state index contributed by atoms with van der Waals surface area (Å²) in [7, 11) is 0. The van der Waals surface area contributed by atoms with Crippen LogP contribution in [-0.4, -0.2) is 59.1 Å². The molecule has 126 valence electrons. The molecule has 7 nitrogen and oxygen atoms in total. The lowest BCUT2D eigenvalue weighted by molar-refractivity contribution is -0.348. The summed E-state index contributed by atoms with van der Waals surface area (Å²) in [5, 5.41) is 49.4. The summed E-state index contributed by atoms with van der Waals surface area (Å²) in [6.45, 7) is -0.874. The number of alkyl halides is 2. The van der Waals surface area contributed by atoms with Gasteiger partial charge in [-0.3, -0.25) is 0 Å². The highest BCUT2D eigenvalue weighted by molar-refractivity contribution is 9.10. The fourth-order valence-electron chi connectivity index (χ4n) is 2.89. The Labute approximate surface area is 144 Å². The van der Waals surface area contributed by atoms with Crippen molar-refractivity contribution in [2.24, 2.45) is 0 Å². The molecule has 0 bridgehead atoms. The van der Waals surface area contributed by atoms with Crippen molar-refractivity contribution in [2.45, 2.75) is 27.6 Å². The first-order chi connectivity index (χ1) is 10.7. The Hall–Kier alpha value is -0.710. The first-order valence-corrected chi connectivity index (χ1v) is 7.90. The third-order valence-electron chi connectivity index (χ3n) is 4.21.